The van der Waals surface area contributed by atoms with Crippen molar-refractivity contribution in [2.45, 2.75) is 64.6 Å². The Bertz CT molecular complexity index is 764. The maximum Gasteiger partial charge on any atom is 0.255 e. The summed E-state index contributed by atoms with van der Waals surface area (Å²) in [5.74, 6) is -0.622. The number of anilines is 1. The van der Waals surface area contributed by atoms with Gasteiger partial charge < -0.3 is 15.4 Å². The zero-order valence-electron chi connectivity index (χ0n) is 16.6. The number of unbranched alkanes of at least 4 members (excludes halogenated alkanes) is 1. The van der Waals surface area contributed by atoms with E-state index in [4.69, 9.17) is 10.5 Å². The molecular weight excluding hydrogens is 358 g/mol. The fourth-order valence-electron chi connectivity index (χ4n) is 3.75. The maximum atomic E-state index is 13.0. The number of hydrogen-bond acceptors (Lipinski definition) is 5. The first-order valence-corrected chi connectivity index (χ1v) is 10.1. The molecule has 7 heteroatoms. The van der Waals surface area contributed by atoms with E-state index in [1.54, 1.807) is 23.1 Å². The maximum absolute atomic E-state index is 13.0. The van der Waals surface area contributed by atoms with E-state index < -0.39 is 6.04 Å². The Hall–Kier alpha value is -2.41. The van der Waals surface area contributed by atoms with Gasteiger partial charge in [0.1, 0.15) is 6.04 Å². The highest BCUT2D eigenvalue weighted by Crippen LogP contribution is 2.32. The SMILES string of the molecule is CCC(C)OCCCCN1C(=O)CCC(N2Cc3c(N)cccc3C2=O)C1=O. The molecule has 28 heavy (non-hydrogen) atoms. The van der Waals surface area contributed by atoms with Gasteiger partial charge in [-0.15, -0.1) is 0 Å². The van der Waals surface area contributed by atoms with Gasteiger partial charge >= 0.3 is 0 Å². The average Bonchev–Trinajstić information content (AvgIpc) is 3.01. The minimum Gasteiger partial charge on any atom is -0.398 e. The Balaban J connectivity index is 1.60. The Labute approximate surface area is 165 Å². The van der Waals surface area contributed by atoms with Crippen LogP contribution in [0.15, 0.2) is 18.2 Å². The monoisotopic (exact) mass is 387 g/mol. The van der Waals surface area contributed by atoms with E-state index in [-0.39, 0.29) is 30.2 Å². The van der Waals surface area contributed by atoms with Crippen molar-refractivity contribution in [3.8, 4) is 0 Å². The molecule has 3 amide bonds. The molecule has 2 unspecified atom stereocenters. The lowest BCUT2D eigenvalue weighted by molar-refractivity contribution is -0.152. The standard InChI is InChI=1S/C21H29N3O4/c1-3-14(2)28-12-5-4-11-23-19(25)10-9-18(21(23)27)24-13-16-15(20(24)26)7-6-8-17(16)22/h6-8,14,18H,3-5,9-13,22H2,1-2H3. The molecule has 2 N–H and O–H groups in total. The van der Waals surface area contributed by atoms with Gasteiger partial charge in [0, 0.05) is 42.9 Å². The number of ether oxygens (including phenoxy) is 1. The first-order chi connectivity index (χ1) is 13.4. The second kappa shape index (κ2) is 8.73. The molecule has 2 aliphatic heterocycles. The van der Waals surface area contributed by atoms with Gasteiger partial charge in [0.15, 0.2) is 0 Å². The van der Waals surface area contributed by atoms with Crippen LogP contribution in [-0.4, -0.2) is 52.8 Å². The summed E-state index contributed by atoms with van der Waals surface area (Å²) in [6.45, 7) is 5.41. The molecule has 0 bridgehead atoms. The highest BCUT2D eigenvalue weighted by atomic mass is 16.5. The molecule has 1 aromatic carbocycles. The van der Waals surface area contributed by atoms with Crippen molar-refractivity contribution in [3.63, 3.8) is 0 Å². The van der Waals surface area contributed by atoms with Gasteiger partial charge in [-0.3, -0.25) is 19.3 Å². The van der Waals surface area contributed by atoms with Crippen LogP contribution in [0, 0.1) is 0 Å². The summed E-state index contributed by atoms with van der Waals surface area (Å²) < 4.78 is 5.64. The molecule has 152 valence electrons. The summed E-state index contributed by atoms with van der Waals surface area (Å²) in [5, 5.41) is 0. The Morgan fingerprint density at radius 3 is 2.75 bits per heavy atom. The molecule has 2 aliphatic rings. The van der Waals surface area contributed by atoms with E-state index >= 15 is 0 Å². The first kappa shape index (κ1) is 20.3. The molecule has 0 aliphatic carbocycles. The fourth-order valence-corrected chi connectivity index (χ4v) is 3.75. The number of nitrogens with two attached hydrogens (primary N) is 1. The number of benzene rings is 1. The van der Waals surface area contributed by atoms with Crippen LogP contribution in [0.5, 0.6) is 0 Å². The summed E-state index contributed by atoms with van der Waals surface area (Å²) in [6.07, 6.45) is 3.30. The topological polar surface area (TPSA) is 92.9 Å². The summed E-state index contributed by atoms with van der Waals surface area (Å²) in [4.78, 5) is 40.9. The molecular formula is C21H29N3O4. The van der Waals surface area contributed by atoms with Crippen LogP contribution in [0.3, 0.4) is 0 Å². The molecule has 1 aromatic rings. The van der Waals surface area contributed by atoms with Crippen LogP contribution in [-0.2, 0) is 20.9 Å². The van der Waals surface area contributed by atoms with Crippen molar-refractivity contribution in [2.75, 3.05) is 18.9 Å². The average molecular weight is 387 g/mol. The summed E-state index contributed by atoms with van der Waals surface area (Å²) >= 11 is 0. The van der Waals surface area contributed by atoms with Gasteiger partial charge in [-0.2, -0.15) is 0 Å². The molecule has 7 nitrogen and oxygen atoms in total. The molecule has 1 fully saturated rings. The summed E-state index contributed by atoms with van der Waals surface area (Å²) in [6, 6.07) is 4.64. The minimum absolute atomic E-state index is 0.159. The smallest absolute Gasteiger partial charge is 0.255 e. The van der Waals surface area contributed by atoms with E-state index in [0.29, 0.717) is 43.8 Å². The number of rotatable bonds is 8. The van der Waals surface area contributed by atoms with Gasteiger partial charge in [0.25, 0.3) is 11.8 Å². The van der Waals surface area contributed by atoms with Gasteiger partial charge in [0.2, 0.25) is 5.91 Å². The number of piperidine rings is 1. The molecule has 1 saturated heterocycles. The van der Waals surface area contributed by atoms with Gasteiger partial charge in [-0.25, -0.2) is 0 Å². The third-order valence-electron chi connectivity index (χ3n) is 5.65. The third kappa shape index (κ3) is 4.04. The van der Waals surface area contributed by atoms with Gasteiger partial charge in [0.05, 0.1) is 6.10 Å². The number of hydrogen-bond donors (Lipinski definition) is 1. The fraction of sp³-hybridized carbons (Fsp3) is 0.571. The Kier molecular flexibility index (Phi) is 6.34. The number of amides is 3. The quantitative estimate of drug-likeness (QED) is 0.420. The third-order valence-corrected chi connectivity index (χ3v) is 5.65. The van der Waals surface area contributed by atoms with E-state index in [9.17, 15) is 14.4 Å². The lowest BCUT2D eigenvalue weighted by atomic mass is 10.0. The largest absolute Gasteiger partial charge is 0.398 e. The van der Waals surface area contributed by atoms with Crippen molar-refractivity contribution in [1.82, 2.24) is 9.80 Å². The number of likely N-dealkylation sites (tertiary alicyclic amines) is 1. The molecule has 3 rings (SSSR count). The first-order valence-electron chi connectivity index (χ1n) is 10.1. The van der Waals surface area contributed by atoms with Crippen molar-refractivity contribution in [2.24, 2.45) is 0 Å². The van der Waals surface area contributed by atoms with E-state index in [1.807, 2.05) is 6.92 Å². The van der Waals surface area contributed by atoms with Crippen LogP contribution < -0.4 is 5.73 Å². The number of nitrogen functional groups attached to an aromatic ring is 1. The molecule has 2 heterocycles. The lowest BCUT2D eigenvalue weighted by Crippen LogP contribution is -2.54. The predicted octanol–water partition coefficient (Wildman–Crippen LogP) is 2.34. The number of carbonyl (C=O) groups is 3. The van der Waals surface area contributed by atoms with Gasteiger partial charge in [-0.1, -0.05) is 13.0 Å². The Morgan fingerprint density at radius 1 is 1.25 bits per heavy atom. The number of nitrogens with zero attached hydrogens (tertiary/aromatic N) is 2. The molecule has 0 radical (unpaired) electrons. The van der Waals surface area contributed by atoms with Crippen molar-refractivity contribution >= 4 is 23.4 Å². The van der Waals surface area contributed by atoms with Crippen molar-refractivity contribution < 1.29 is 19.1 Å². The van der Waals surface area contributed by atoms with E-state index in [0.717, 1.165) is 18.4 Å². The Morgan fingerprint density at radius 2 is 2.04 bits per heavy atom. The van der Waals surface area contributed by atoms with E-state index in [2.05, 4.69) is 6.92 Å². The van der Waals surface area contributed by atoms with Gasteiger partial charge in [-0.05, 0) is 44.7 Å². The number of imide groups is 1. The summed E-state index contributed by atoms with van der Waals surface area (Å²) in [5.41, 5.74) is 7.88. The predicted molar refractivity (Wildman–Crippen MR) is 105 cm³/mol. The van der Waals surface area contributed by atoms with Crippen LogP contribution in [0.4, 0.5) is 5.69 Å². The zero-order valence-corrected chi connectivity index (χ0v) is 16.6. The van der Waals surface area contributed by atoms with Crippen molar-refractivity contribution in [3.05, 3.63) is 29.3 Å². The normalized spacial score (nSPS) is 20.6. The van der Waals surface area contributed by atoms with Crippen LogP contribution >= 0.6 is 0 Å². The molecule has 0 spiro atoms. The second-order valence-corrected chi connectivity index (χ2v) is 7.54. The lowest BCUT2D eigenvalue weighted by Gasteiger charge is -2.35. The highest BCUT2D eigenvalue weighted by molar-refractivity contribution is 6.06. The second-order valence-electron chi connectivity index (χ2n) is 7.54. The number of carbonyl (C=O) groups excluding carboxylic acids is 3. The van der Waals surface area contributed by atoms with E-state index in [1.165, 1.54) is 4.90 Å². The van der Waals surface area contributed by atoms with Crippen LogP contribution in [0.1, 0.15) is 61.9 Å². The van der Waals surface area contributed by atoms with Crippen molar-refractivity contribution in [1.29, 1.82) is 0 Å². The molecule has 0 aromatic heterocycles. The summed E-state index contributed by atoms with van der Waals surface area (Å²) in [7, 11) is 0. The molecule has 0 saturated carbocycles. The number of fused-ring (bicyclic) bond motifs is 1. The highest BCUT2D eigenvalue weighted by Gasteiger charge is 2.42. The van der Waals surface area contributed by atoms with Crippen LogP contribution in [0.2, 0.25) is 0 Å². The minimum atomic E-state index is -0.603. The van der Waals surface area contributed by atoms with Crippen LogP contribution in [0.25, 0.3) is 0 Å². The zero-order chi connectivity index (χ0) is 20.3. The molecule has 2 atom stereocenters.